The van der Waals surface area contributed by atoms with Crippen molar-refractivity contribution in [1.29, 1.82) is 0 Å². The molecule has 156 valence electrons. The van der Waals surface area contributed by atoms with Crippen LogP contribution in [0.3, 0.4) is 0 Å². The Morgan fingerprint density at radius 2 is 1.66 bits per heavy atom. The SMILES string of the molecule is CCN=Cc1c(C)c2c(c3cc(-c4ccc5sc6ccccc6c5c4)ccc13)C=CCC2. The van der Waals surface area contributed by atoms with Gasteiger partial charge in [0.25, 0.3) is 0 Å². The Morgan fingerprint density at radius 3 is 2.53 bits per heavy atom. The number of fused-ring (bicyclic) bond motifs is 6. The van der Waals surface area contributed by atoms with Crippen LogP contribution in [0.25, 0.3) is 48.1 Å². The van der Waals surface area contributed by atoms with Crippen molar-refractivity contribution in [3.63, 3.8) is 0 Å². The Bertz CT molecular complexity index is 1570. The maximum absolute atomic E-state index is 4.60. The van der Waals surface area contributed by atoms with Crippen molar-refractivity contribution in [2.45, 2.75) is 26.7 Å². The van der Waals surface area contributed by atoms with Crippen LogP contribution in [-0.2, 0) is 6.42 Å². The first-order valence-corrected chi connectivity index (χ1v) is 12.2. The molecule has 0 saturated carbocycles. The molecule has 0 atom stereocenters. The molecule has 0 fully saturated rings. The monoisotopic (exact) mass is 431 g/mol. The smallest absolute Gasteiger partial charge is 0.0361 e. The van der Waals surface area contributed by atoms with Crippen molar-refractivity contribution in [2.24, 2.45) is 4.99 Å². The van der Waals surface area contributed by atoms with Crippen LogP contribution in [0.4, 0.5) is 0 Å². The number of benzene rings is 4. The second-order valence-corrected chi connectivity index (χ2v) is 9.65. The van der Waals surface area contributed by atoms with Gasteiger partial charge in [-0.1, -0.05) is 48.6 Å². The summed E-state index contributed by atoms with van der Waals surface area (Å²) in [6.45, 7) is 5.17. The Balaban J connectivity index is 1.60. The second-order valence-electron chi connectivity index (χ2n) is 8.57. The lowest BCUT2D eigenvalue weighted by Gasteiger charge is -2.20. The van der Waals surface area contributed by atoms with Gasteiger partial charge in [-0.2, -0.15) is 0 Å². The van der Waals surface area contributed by atoms with Gasteiger partial charge in [0.2, 0.25) is 0 Å². The summed E-state index contributed by atoms with van der Waals surface area (Å²) in [4.78, 5) is 4.60. The molecule has 6 rings (SSSR count). The topological polar surface area (TPSA) is 12.4 Å². The van der Waals surface area contributed by atoms with Crippen LogP contribution >= 0.6 is 11.3 Å². The first-order chi connectivity index (χ1) is 15.7. The number of rotatable bonds is 3. The molecule has 0 radical (unpaired) electrons. The van der Waals surface area contributed by atoms with Crippen LogP contribution < -0.4 is 0 Å². The number of hydrogen-bond acceptors (Lipinski definition) is 2. The lowest BCUT2D eigenvalue weighted by Crippen LogP contribution is -2.04. The van der Waals surface area contributed by atoms with Gasteiger partial charge in [-0.25, -0.2) is 0 Å². The summed E-state index contributed by atoms with van der Waals surface area (Å²) in [7, 11) is 0. The fourth-order valence-corrected chi connectivity index (χ4v) is 6.19. The number of nitrogens with zero attached hydrogens (tertiary/aromatic N) is 1. The van der Waals surface area contributed by atoms with E-state index in [2.05, 4.69) is 97.9 Å². The van der Waals surface area contributed by atoms with Crippen molar-refractivity contribution in [2.75, 3.05) is 6.54 Å². The van der Waals surface area contributed by atoms with E-state index in [4.69, 9.17) is 0 Å². The van der Waals surface area contributed by atoms with Gasteiger partial charge in [0, 0.05) is 38.5 Å². The minimum Gasteiger partial charge on any atom is -0.293 e. The van der Waals surface area contributed by atoms with E-state index in [1.807, 2.05) is 11.3 Å². The van der Waals surface area contributed by atoms with E-state index in [1.165, 1.54) is 64.3 Å². The third-order valence-electron chi connectivity index (χ3n) is 6.74. The number of aliphatic imine (C=N–C) groups is 1. The van der Waals surface area contributed by atoms with Gasteiger partial charge in [-0.3, -0.25) is 4.99 Å². The maximum atomic E-state index is 4.60. The molecule has 32 heavy (non-hydrogen) atoms. The normalized spacial score (nSPS) is 13.6. The Kier molecular flexibility index (Phi) is 4.69. The Hall–Kier alpha value is -3.23. The van der Waals surface area contributed by atoms with E-state index in [0.29, 0.717) is 0 Å². The molecule has 0 saturated heterocycles. The lowest BCUT2D eigenvalue weighted by atomic mass is 9.84. The molecule has 4 aromatic carbocycles. The van der Waals surface area contributed by atoms with Crippen LogP contribution in [0.1, 0.15) is 35.6 Å². The zero-order valence-corrected chi connectivity index (χ0v) is 19.3. The highest BCUT2D eigenvalue weighted by Gasteiger charge is 2.17. The molecule has 0 amide bonds. The van der Waals surface area contributed by atoms with Crippen LogP contribution in [-0.4, -0.2) is 12.8 Å². The van der Waals surface area contributed by atoms with Gasteiger partial charge in [0.1, 0.15) is 0 Å². The molecule has 0 spiro atoms. The highest BCUT2D eigenvalue weighted by Crippen LogP contribution is 2.39. The molecule has 1 aliphatic rings. The summed E-state index contributed by atoms with van der Waals surface area (Å²) in [5.74, 6) is 0. The van der Waals surface area contributed by atoms with Gasteiger partial charge in [-0.05, 0) is 89.5 Å². The van der Waals surface area contributed by atoms with Gasteiger partial charge in [-0.15, -0.1) is 11.3 Å². The standard InChI is InChI=1S/C30H25NS/c1-3-31-18-28-19(2)22-8-4-5-9-23(22)26-16-20(12-14-24(26)28)21-13-15-30-27(17-21)25-10-6-7-11-29(25)32-30/h5-7,9-18H,3-4,8H2,1-2H3. The van der Waals surface area contributed by atoms with Gasteiger partial charge in [0.15, 0.2) is 0 Å². The van der Waals surface area contributed by atoms with Crippen LogP contribution in [0.15, 0.2) is 71.7 Å². The third kappa shape index (κ3) is 3.02. The molecule has 5 aromatic rings. The van der Waals surface area contributed by atoms with Gasteiger partial charge in [0.05, 0.1) is 0 Å². The first kappa shape index (κ1) is 19.5. The average Bonchev–Trinajstić information content (AvgIpc) is 3.22. The zero-order chi connectivity index (χ0) is 21.7. The van der Waals surface area contributed by atoms with E-state index in [0.717, 1.165) is 19.4 Å². The summed E-state index contributed by atoms with van der Waals surface area (Å²) in [6.07, 6.45) is 8.95. The number of allylic oxidation sites excluding steroid dienone is 1. The molecule has 0 aliphatic heterocycles. The molecule has 1 aromatic heterocycles. The molecule has 0 N–H and O–H groups in total. The number of thiophene rings is 1. The van der Waals surface area contributed by atoms with Crippen LogP contribution in [0.2, 0.25) is 0 Å². The first-order valence-electron chi connectivity index (χ1n) is 11.4. The van der Waals surface area contributed by atoms with Crippen molar-refractivity contribution in [1.82, 2.24) is 0 Å². The lowest BCUT2D eigenvalue weighted by molar-refractivity contribution is 0.974. The molecular formula is C30H25NS. The summed E-state index contributed by atoms with van der Waals surface area (Å²) in [5, 5.41) is 5.34. The fourth-order valence-electron chi connectivity index (χ4n) is 5.11. The summed E-state index contributed by atoms with van der Waals surface area (Å²) >= 11 is 1.87. The highest BCUT2D eigenvalue weighted by atomic mass is 32.1. The maximum Gasteiger partial charge on any atom is 0.0361 e. The van der Waals surface area contributed by atoms with Crippen LogP contribution in [0, 0.1) is 6.92 Å². The summed E-state index contributed by atoms with van der Waals surface area (Å²) in [6, 6.07) is 22.6. The summed E-state index contributed by atoms with van der Waals surface area (Å²) in [5.41, 5.74) is 8.09. The van der Waals surface area contributed by atoms with E-state index in [9.17, 15) is 0 Å². The fraction of sp³-hybridized carbons (Fsp3) is 0.167. The van der Waals surface area contributed by atoms with E-state index >= 15 is 0 Å². The molecule has 1 heterocycles. The Morgan fingerprint density at radius 1 is 0.875 bits per heavy atom. The molecule has 2 heteroatoms. The molecule has 1 nitrogen and oxygen atoms in total. The molecule has 0 unspecified atom stereocenters. The van der Waals surface area contributed by atoms with E-state index < -0.39 is 0 Å². The van der Waals surface area contributed by atoms with Crippen molar-refractivity contribution >= 4 is 54.6 Å². The molecular weight excluding hydrogens is 406 g/mol. The molecule has 1 aliphatic carbocycles. The van der Waals surface area contributed by atoms with Gasteiger partial charge < -0.3 is 0 Å². The Labute approximate surface area is 192 Å². The largest absolute Gasteiger partial charge is 0.293 e. The molecule has 0 bridgehead atoms. The highest BCUT2D eigenvalue weighted by molar-refractivity contribution is 7.25. The van der Waals surface area contributed by atoms with Crippen molar-refractivity contribution in [3.8, 4) is 11.1 Å². The average molecular weight is 432 g/mol. The quantitative estimate of drug-likeness (QED) is 0.254. The predicted octanol–water partition coefficient (Wildman–Crippen LogP) is 8.58. The van der Waals surface area contributed by atoms with Crippen molar-refractivity contribution in [3.05, 3.63) is 89.0 Å². The van der Waals surface area contributed by atoms with Crippen LogP contribution in [0.5, 0.6) is 0 Å². The number of hydrogen-bond donors (Lipinski definition) is 0. The van der Waals surface area contributed by atoms with E-state index in [1.54, 1.807) is 0 Å². The zero-order valence-electron chi connectivity index (χ0n) is 18.5. The second kappa shape index (κ2) is 7.72. The van der Waals surface area contributed by atoms with Gasteiger partial charge >= 0.3 is 0 Å². The third-order valence-corrected chi connectivity index (χ3v) is 7.89. The van der Waals surface area contributed by atoms with Crippen molar-refractivity contribution < 1.29 is 0 Å². The minimum atomic E-state index is 0.810. The summed E-state index contributed by atoms with van der Waals surface area (Å²) < 4.78 is 2.71. The van der Waals surface area contributed by atoms with E-state index in [-0.39, 0.29) is 0 Å². The minimum absolute atomic E-state index is 0.810. The predicted molar refractivity (Wildman–Crippen MR) is 142 cm³/mol.